The van der Waals surface area contributed by atoms with Gasteiger partial charge in [0.05, 0.1) is 18.6 Å². The summed E-state index contributed by atoms with van der Waals surface area (Å²) in [6, 6.07) is 6.38. The number of benzene rings is 1. The minimum atomic E-state index is -0.209. The molecule has 1 aromatic carbocycles. The zero-order chi connectivity index (χ0) is 22.2. The van der Waals surface area contributed by atoms with Gasteiger partial charge in [-0.3, -0.25) is 10.2 Å². The van der Waals surface area contributed by atoms with Gasteiger partial charge in [0.25, 0.3) is 0 Å². The molecule has 31 heavy (non-hydrogen) atoms. The SMILES string of the molecule is CCC(C)C(=N)N(C)C(=O)C1c2cc(OCC3CC3)ccc2CC12CCC(OC)CC2. The molecule has 2 atom stereocenters. The first-order valence-corrected chi connectivity index (χ1v) is 12.0. The van der Waals surface area contributed by atoms with Crippen molar-refractivity contribution in [1.82, 2.24) is 4.90 Å². The second-order valence-electron chi connectivity index (χ2n) is 10.1. The van der Waals surface area contributed by atoms with Crippen LogP contribution < -0.4 is 4.74 Å². The molecule has 3 aliphatic carbocycles. The Morgan fingerprint density at radius 1 is 1.26 bits per heavy atom. The average molecular weight is 427 g/mol. The minimum absolute atomic E-state index is 0.0688. The molecule has 0 radical (unpaired) electrons. The normalized spacial score (nSPS) is 28.3. The summed E-state index contributed by atoms with van der Waals surface area (Å²) in [4.78, 5) is 15.5. The Bertz CT molecular complexity index is 824. The lowest BCUT2D eigenvalue weighted by molar-refractivity contribution is -0.132. The van der Waals surface area contributed by atoms with Gasteiger partial charge in [-0.2, -0.15) is 0 Å². The highest BCUT2D eigenvalue weighted by Gasteiger charge is 2.52. The smallest absolute Gasteiger partial charge is 0.235 e. The van der Waals surface area contributed by atoms with Crippen molar-refractivity contribution in [2.24, 2.45) is 17.3 Å². The van der Waals surface area contributed by atoms with E-state index in [1.165, 1.54) is 18.4 Å². The molecular weight excluding hydrogens is 388 g/mol. The van der Waals surface area contributed by atoms with Crippen LogP contribution in [-0.4, -0.2) is 43.5 Å². The number of carbonyl (C=O) groups excluding carboxylic acids is 1. The molecule has 170 valence electrons. The molecule has 3 aliphatic rings. The Morgan fingerprint density at radius 3 is 2.58 bits per heavy atom. The van der Waals surface area contributed by atoms with E-state index in [9.17, 15) is 4.79 Å². The zero-order valence-electron chi connectivity index (χ0n) is 19.6. The lowest BCUT2D eigenvalue weighted by Gasteiger charge is -2.42. The molecule has 1 amide bonds. The summed E-state index contributed by atoms with van der Waals surface area (Å²) in [5, 5.41) is 8.57. The van der Waals surface area contributed by atoms with Crippen molar-refractivity contribution in [3.8, 4) is 5.75 Å². The van der Waals surface area contributed by atoms with Crippen LogP contribution in [0.1, 0.15) is 75.8 Å². The zero-order valence-corrected chi connectivity index (χ0v) is 19.6. The molecule has 1 aromatic rings. The summed E-state index contributed by atoms with van der Waals surface area (Å²) in [5.74, 6) is 1.93. The Hall–Kier alpha value is -1.88. The fraction of sp³-hybridized carbons (Fsp3) is 0.692. The molecule has 4 rings (SSSR count). The van der Waals surface area contributed by atoms with E-state index in [-0.39, 0.29) is 23.2 Å². The van der Waals surface area contributed by atoms with Gasteiger partial charge in [-0.15, -0.1) is 0 Å². The minimum Gasteiger partial charge on any atom is -0.493 e. The molecule has 2 fully saturated rings. The number of rotatable bonds is 7. The fourth-order valence-corrected chi connectivity index (χ4v) is 5.50. The molecule has 0 bridgehead atoms. The van der Waals surface area contributed by atoms with Crippen molar-refractivity contribution in [3.05, 3.63) is 29.3 Å². The van der Waals surface area contributed by atoms with Crippen LogP contribution in [0.2, 0.25) is 0 Å². The van der Waals surface area contributed by atoms with Crippen LogP contribution in [0.4, 0.5) is 0 Å². The lowest BCUT2D eigenvalue weighted by Crippen LogP contribution is -2.45. The predicted octanol–water partition coefficient (Wildman–Crippen LogP) is 5.17. The van der Waals surface area contributed by atoms with Gasteiger partial charge in [-0.25, -0.2) is 0 Å². The van der Waals surface area contributed by atoms with Gasteiger partial charge in [-0.05, 0) is 86.0 Å². The van der Waals surface area contributed by atoms with Gasteiger partial charge < -0.3 is 14.4 Å². The maximum atomic E-state index is 13.9. The predicted molar refractivity (Wildman–Crippen MR) is 123 cm³/mol. The molecule has 0 aliphatic heterocycles. The number of hydrogen-bond donors (Lipinski definition) is 1. The Labute approximate surface area is 187 Å². The molecule has 2 unspecified atom stereocenters. The Kier molecular flexibility index (Phi) is 6.43. The van der Waals surface area contributed by atoms with Crippen LogP contribution in [0.5, 0.6) is 5.75 Å². The van der Waals surface area contributed by atoms with Crippen molar-refractivity contribution >= 4 is 11.7 Å². The van der Waals surface area contributed by atoms with E-state index in [4.69, 9.17) is 14.9 Å². The van der Waals surface area contributed by atoms with Crippen LogP contribution in [0.3, 0.4) is 0 Å². The quantitative estimate of drug-likeness (QED) is 0.483. The number of amides is 1. The number of likely N-dealkylation sites (N-methyl/N-ethyl adjacent to an activating group) is 1. The van der Waals surface area contributed by atoms with E-state index in [1.807, 2.05) is 6.92 Å². The highest BCUT2D eigenvalue weighted by atomic mass is 16.5. The first-order valence-electron chi connectivity index (χ1n) is 12.0. The van der Waals surface area contributed by atoms with Gasteiger partial charge in [0.1, 0.15) is 11.6 Å². The summed E-state index contributed by atoms with van der Waals surface area (Å²) in [7, 11) is 3.58. The second-order valence-corrected chi connectivity index (χ2v) is 10.1. The topological polar surface area (TPSA) is 62.6 Å². The van der Waals surface area contributed by atoms with Crippen molar-refractivity contribution < 1.29 is 14.3 Å². The van der Waals surface area contributed by atoms with Crippen molar-refractivity contribution in [1.29, 1.82) is 5.41 Å². The third-order valence-corrected chi connectivity index (χ3v) is 8.05. The maximum Gasteiger partial charge on any atom is 0.235 e. The highest BCUT2D eigenvalue weighted by Crippen LogP contribution is 2.56. The summed E-state index contributed by atoms with van der Waals surface area (Å²) >= 11 is 0. The molecule has 1 spiro atoms. The van der Waals surface area contributed by atoms with Crippen molar-refractivity contribution in [2.45, 2.75) is 77.2 Å². The number of carbonyl (C=O) groups is 1. The summed E-state index contributed by atoms with van der Waals surface area (Å²) in [6.07, 6.45) is 8.56. The molecule has 5 heteroatoms. The molecule has 2 saturated carbocycles. The molecule has 0 aromatic heterocycles. The number of methoxy groups -OCH3 is 1. The number of hydrogen-bond acceptors (Lipinski definition) is 4. The van der Waals surface area contributed by atoms with E-state index in [0.29, 0.717) is 17.9 Å². The maximum absolute atomic E-state index is 13.9. The molecule has 1 N–H and O–H groups in total. The van der Waals surface area contributed by atoms with Gasteiger partial charge in [0.15, 0.2) is 0 Å². The van der Waals surface area contributed by atoms with E-state index in [2.05, 4.69) is 25.1 Å². The molecule has 0 heterocycles. The first kappa shape index (κ1) is 22.3. The van der Waals surface area contributed by atoms with E-state index in [1.54, 1.807) is 19.1 Å². The third kappa shape index (κ3) is 4.39. The third-order valence-electron chi connectivity index (χ3n) is 8.05. The lowest BCUT2D eigenvalue weighted by atomic mass is 9.65. The fourth-order valence-electron chi connectivity index (χ4n) is 5.50. The number of nitrogens with zero attached hydrogens (tertiary/aromatic N) is 1. The van der Waals surface area contributed by atoms with Crippen LogP contribution in [0.25, 0.3) is 0 Å². The average Bonchev–Trinajstić information content (AvgIpc) is 3.57. The standard InChI is InChI=1S/C26H38N2O3/c1-5-17(2)24(27)28(3)25(29)23-22-14-21(31-16-18-6-7-18)9-8-19(22)15-26(23)12-10-20(30-4)11-13-26/h8-9,14,17-18,20,23,27H,5-7,10-13,15-16H2,1-4H3. The van der Waals surface area contributed by atoms with E-state index >= 15 is 0 Å². The van der Waals surface area contributed by atoms with Crippen molar-refractivity contribution in [3.63, 3.8) is 0 Å². The van der Waals surface area contributed by atoms with Crippen LogP contribution in [0, 0.1) is 22.7 Å². The summed E-state index contributed by atoms with van der Waals surface area (Å²) < 4.78 is 11.7. The number of ether oxygens (including phenoxy) is 2. The van der Waals surface area contributed by atoms with E-state index in [0.717, 1.165) is 56.4 Å². The van der Waals surface area contributed by atoms with Gasteiger partial charge in [0.2, 0.25) is 5.91 Å². The monoisotopic (exact) mass is 426 g/mol. The Morgan fingerprint density at radius 2 is 1.97 bits per heavy atom. The van der Waals surface area contributed by atoms with Gasteiger partial charge in [-0.1, -0.05) is 19.9 Å². The summed E-state index contributed by atoms with van der Waals surface area (Å²) in [5.41, 5.74) is 2.32. The second kappa shape index (κ2) is 8.93. The van der Waals surface area contributed by atoms with Crippen LogP contribution >= 0.6 is 0 Å². The van der Waals surface area contributed by atoms with Crippen LogP contribution in [0.15, 0.2) is 18.2 Å². The summed E-state index contributed by atoms with van der Waals surface area (Å²) in [6.45, 7) is 4.87. The molecule has 5 nitrogen and oxygen atoms in total. The van der Waals surface area contributed by atoms with Gasteiger partial charge in [0, 0.05) is 20.1 Å². The van der Waals surface area contributed by atoms with Crippen LogP contribution in [-0.2, 0) is 16.0 Å². The number of amidine groups is 1. The largest absolute Gasteiger partial charge is 0.493 e. The number of nitrogens with one attached hydrogen (secondary N) is 1. The highest BCUT2D eigenvalue weighted by molar-refractivity contribution is 6.01. The van der Waals surface area contributed by atoms with E-state index < -0.39 is 0 Å². The molecule has 0 saturated heterocycles. The van der Waals surface area contributed by atoms with Gasteiger partial charge >= 0.3 is 0 Å². The Balaban J connectivity index is 1.64. The molecular formula is C26H38N2O3. The number of fused-ring (bicyclic) bond motifs is 1. The first-order chi connectivity index (χ1) is 14.9. The van der Waals surface area contributed by atoms with Crippen molar-refractivity contribution in [2.75, 3.05) is 20.8 Å².